The third kappa shape index (κ3) is 3.47. The smallest absolute Gasteiger partial charge is 0.229 e. The third-order valence-electron chi connectivity index (χ3n) is 2.40. The number of hydrogen-bond acceptors (Lipinski definition) is 7. The van der Waals surface area contributed by atoms with Crippen LogP contribution in [0.2, 0.25) is 0 Å². The summed E-state index contributed by atoms with van der Waals surface area (Å²) in [5, 5.41) is 0. The molecule has 1 aromatic carbocycles. The van der Waals surface area contributed by atoms with E-state index < -0.39 is 0 Å². The minimum Gasteiger partial charge on any atom is -0.399 e. The minimum atomic E-state index is -0.357. The van der Waals surface area contributed by atoms with Crippen molar-refractivity contribution in [3.8, 4) is 0 Å². The van der Waals surface area contributed by atoms with E-state index in [0.717, 1.165) is 0 Å². The molecule has 20 heavy (non-hydrogen) atoms. The van der Waals surface area contributed by atoms with Crippen LogP contribution < -0.4 is 16.4 Å². The lowest BCUT2D eigenvalue weighted by atomic mass is 10.3. The van der Waals surface area contributed by atoms with Gasteiger partial charge in [0.2, 0.25) is 11.9 Å². The van der Waals surface area contributed by atoms with Gasteiger partial charge in [0, 0.05) is 24.7 Å². The maximum absolute atomic E-state index is 13.7. The molecule has 0 saturated carbocycles. The summed E-state index contributed by atoms with van der Waals surface area (Å²) in [4.78, 5) is 14.5. The van der Waals surface area contributed by atoms with Crippen molar-refractivity contribution in [2.24, 2.45) is 0 Å². The zero-order chi connectivity index (χ0) is 14.7. The van der Waals surface area contributed by atoms with Gasteiger partial charge in [0.25, 0.3) is 0 Å². The van der Waals surface area contributed by atoms with Crippen LogP contribution in [0.1, 0.15) is 5.82 Å². The Morgan fingerprint density at radius 1 is 1.20 bits per heavy atom. The van der Waals surface area contributed by atoms with E-state index in [-0.39, 0.29) is 11.8 Å². The molecule has 0 spiro atoms. The summed E-state index contributed by atoms with van der Waals surface area (Å²) in [7, 11) is 3.62. The number of nitrogens with zero attached hydrogens (tertiary/aromatic N) is 4. The fraction of sp³-hybridized carbons (Fsp3) is 0.250. The number of nitrogens with two attached hydrogens (primary N) is 2. The molecule has 0 unspecified atom stereocenters. The number of thioether (sulfide) groups is 1. The zero-order valence-corrected chi connectivity index (χ0v) is 12.0. The molecule has 0 aliphatic rings. The van der Waals surface area contributed by atoms with Crippen molar-refractivity contribution >= 4 is 29.3 Å². The number of benzene rings is 1. The van der Waals surface area contributed by atoms with E-state index in [9.17, 15) is 4.39 Å². The van der Waals surface area contributed by atoms with Gasteiger partial charge < -0.3 is 16.4 Å². The highest BCUT2D eigenvalue weighted by Crippen LogP contribution is 2.26. The van der Waals surface area contributed by atoms with Crippen LogP contribution in [0.4, 0.5) is 22.0 Å². The van der Waals surface area contributed by atoms with E-state index in [0.29, 0.717) is 28.1 Å². The summed E-state index contributed by atoms with van der Waals surface area (Å²) >= 11 is 1.28. The standard InChI is InChI=1S/C12H15FN6S/c1-19(2)12-17-10(16-11(15)18-12)6-20-9-4-3-7(14)5-8(9)13/h3-5H,6,14H2,1-2H3,(H2,15,16,17,18). The molecule has 0 saturated heterocycles. The van der Waals surface area contributed by atoms with Crippen molar-refractivity contribution in [2.45, 2.75) is 10.6 Å². The Morgan fingerprint density at radius 2 is 1.95 bits per heavy atom. The molecule has 0 aliphatic carbocycles. The Morgan fingerprint density at radius 3 is 2.60 bits per heavy atom. The van der Waals surface area contributed by atoms with Gasteiger partial charge in [0.05, 0.1) is 5.75 Å². The first-order chi connectivity index (χ1) is 9.45. The highest BCUT2D eigenvalue weighted by atomic mass is 32.2. The summed E-state index contributed by atoms with van der Waals surface area (Å²) in [5.41, 5.74) is 11.5. The van der Waals surface area contributed by atoms with Crippen LogP contribution in [0.3, 0.4) is 0 Å². The molecular weight excluding hydrogens is 279 g/mol. The number of halogens is 1. The number of anilines is 3. The van der Waals surface area contributed by atoms with Gasteiger partial charge in [0.15, 0.2) is 0 Å². The highest BCUT2D eigenvalue weighted by Gasteiger charge is 2.09. The number of nitrogen functional groups attached to an aromatic ring is 2. The first-order valence-electron chi connectivity index (χ1n) is 5.81. The van der Waals surface area contributed by atoms with Gasteiger partial charge in [-0.3, -0.25) is 0 Å². The molecular formula is C12H15FN6S. The summed E-state index contributed by atoms with van der Waals surface area (Å²) in [5.74, 6) is 1.17. The maximum atomic E-state index is 13.7. The van der Waals surface area contributed by atoms with Gasteiger partial charge in [-0.2, -0.15) is 15.0 Å². The van der Waals surface area contributed by atoms with E-state index in [1.807, 2.05) is 14.1 Å². The van der Waals surface area contributed by atoms with Crippen LogP contribution in [0.25, 0.3) is 0 Å². The van der Waals surface area contributed by atoms with E-state index >= 15 is 0 Å². The second-order valence-electron chi connectivity index (χ2n) is 4.28. The Labute approximate surface area is 120 Å². The quantitative estimate of drug-likeness (QED) is 0.652. The largest absolute Gasteiger partial charge is 0.399 e. The Kier molecular flexibility index (Phi) is 4.23. The molecule has 106 valence electrons. The van der Waals surface area contributed by atoms with Crippen LogP contribution in [-0.2, 0) is 5.75 Å². The van der Waals surface area contributed by atoms with Crippen LogP contribution in [-0.4, -0.2) is 29.0 Å². The molecule has 1 aromatic heterocycles. The fourth-order valence-corrected chi connectivity index (χ4v) is 2.24. The first kappa shape index (κ1) is 14.3. The predicted octanol–water partition coefficient (Wildman–Crippen LogP) is 1.53. The van der Waals surface area contributed by atoms with Crippen LogP contribution in [0, 0.1) is 5.82 Å². The molecule has 0 atom stereocenters. The average molecular weight is 294 g/mol. The van der Waals surface area contributed by atoms with Gasteiger partial charge in [-0.15, -0.1) is 11.8 Å². The van der Waals surface area contributed by atoms with Crippen LogP contribution in [0.5, 0.6) is 0 Å². The van der Waals surface area contributed by atoms with Crippen molar-refractivity contribution in [2.75, 3.05) is 30.5 Å². The number of rotatable bonds is 4. The summed E-state index contributed by atoms with van der Waals surface area (Å²) < 4.78 is 13.7. The SMILES string of the molecule is CN(C)c1nc(N)nc(CSc2ccc(N)cc2F)n1. The molecule has 4 N–H and O–H groups in total. The number of aromatic nitrogens is 3. The Hall–Kier alpha value is -2.09. The monoisotopic (exact) mass is 294 g/mol. The molecule has 0 amide bonds. The lowest BCUT2D eigenvalue weighted by Gasteiger charge is -2.11. The van der Waals surface area contributed by atoms with Gasteiger partial charge >= 0.3 is 0 Å². The Bertz CT molecular complexity index is 619. The van der Waals surface area contributed by atoms with Crippen molar-refractivity contribution < 1.29 is 4.39 Å². The van der Waals surface area contributed by atoms with Crippen molar-refractivity contribution in [3.63, 3.8) is 0 Å². The average Bonchev–Trinajstić information content (AvgIpc) is 2.37. The topological polar surface area (TPSA) is 94.0 Å². The second kappa shape index (κ2) is 5.91. The molecule has 0 fully saturated rings. The predicted molar refractivity (Wildman–Crippen MR) is 78.9 cm³/mol. The van der Waals surface area contributed by atoms with Crippen molar-refractivity contribution in [1.82, 2.24) is 15.0 Å². The maximum Gasteiger partial charge on any atom is 0.229 e. The van der Waals surface area contributed by atoms with Crippen LogP contribution >= 0.6 is 11.8 Å². The molecule has 8 heteroatoms. The van der Waals surface area contributed by atoms with Gasteiger partial charge in [-0.05, 0) is 18.2 Å². The molecule has 2 rings (SSSR count). The number of hydrogen-bond donors (Lipinski definition) is 2. The first-order valence-corrected chi connectivity index (χ1v) is 6.80. The summed E-state index contributed by atoms with van der Waals surface area (Å²) in [6.07, 6.45) is 0. The molecule has 6 nitrogen and oxygen atoms in total. The van der Waals surface area contributed by atoms with Crippen LogP contribution in [0.15, 0.2) is 23.1 Å². The van der Waals surface area contributed by atoms with E-state index in [1.165, 1.54) is 17.8 Å². The Balaban J connectivity index is 2.14. The van der Waals surface area contributed by atoms with Crippen molar-refractivity contribution in [1.29, 1.82) is 0 Å². The molecule has 0 radical (unpaired) electrons. The normalized spacial score (nSPS) is 10.6. The minimum absolute atomic E-state index is 0.150. The highest BCUT2D eigenvalue weighted by molar-refractivity contribution is 7.98. The molecule has 0 aliphatic heterocycles. The summed E-state index contributed by atoms with van der Waals surface area (Å²) in [6, 6.07) is 4.57. The molecule has 1 heterocycles. The molecule has 2 aromatic rings. The van der Waals surface area contributed by atoms with Gasteiger partial charge in [0.1, 0.15) is 11.6 Å². The van der Waals surface area contributed by atoms with Crippen molar-refractivity contribution in [3.05, 3.63) is 29.8 Å². The summed E-state index contributed by atoms with van der Waals surface area (Å²) in [6.45, 7) is 0. The second-order valence-corrected chi connectivity index (χ2v) is 5.30. The van der Waals surface area contributed by atoms with E-state index in [4.69, 9.17) is 11.5 Å². The third-order valence-corrected chi connectivity index (χ3v) is 3.44. The zero-order valence-electron chi connectivity index (χ0n) is 11.2. The van der Waals surface area contributed by atoms with E-state index in [1.54, 1.807) is 17.0 Å². The van der Waals surface area contributed by atoms with Gasteiger partial charge in [-0.1, -0.05) is 0 Å². The lowest BCUT2D eigenvalue weighted by molar-refractivity contribution is 0.602. The lowest BCUT2D eigenvalue weighted by Crippen LogP contribution is -2.15. The molecule has 0 bridgehead atoms. The van der Waals surface area contributed by atoms with E-state index in [2.05, 4.69) is 15.0 Å². The fourth-order valence-electron chi connectivity index (χ4n) is 1.47. The van der Waals surface area contributed by atoms with Gasteiger partial charge in [-0.25, -0.2) is 4.39 Å².